The van der Waals surface area contributed by atoms with Crippen molar-refractivity contribution in [1.29, 1.82) is 0 Å². The Balaban J connectivity index is 1.47. The Hall–Kier alpha value is -3.53. The highest BCUT2D eigenvalue weighted by atomic mass is 16.5. The Morgan fingerprint density at radius 2 is 1.59 bits per heavy atom. The summed E-state index contributed by atoms with van der Waals surface area (Å²) >= 11 is 0. The topological polar surface area (TPSA) is 35.7 Å². The lowest BCUT2D eigenvalue weighted by Crippen LogP contribution is -2.26. The minimum absolute atomic E-state index is 0.0920. The Bertz CT molecular complexity index is 1270. The van der Waals surface area contributed by atoms with Crippen LogP contribution in [0.2, 0.25) is 0 Å². The zero-order chi connectivity index (χ0) is 24.7. The molecule has 0 spiro atoms. The maximum absolute atomic E-state index is 9.92. The number of phenols is 1. The molecule has 0 amide bonds. The highest BCUT2D eigenvalue weighted by Crippen LogP contribution is 2.48. The number of aromatic hydroxyl groups is 1. The number of methoxy groups -OCH3 is 1. The average Bonchev–Trinajstić information content (AvgIpc) is 3.11. The first kappa shape index (κ1) is 23.6. The first-order chi connectivity index (χ1) is 16.1. The predicted octanol–water partition coefficient (Wildman–Crippen LogP) is 6.39. The van der Waals surface area contributed by atoms with Crippen molar-refractivity contribution in [3.05, 3.63) is 95.8 Å². The Labute approximate surface area is 203 Å². The molecule has 2 aromatic rings. The molecule has 2 aliphatic heterocycles. The van der Waals surface area contributed by atoms with Gasteiger partial charge in [-0.3, -0.25) is 0 Å². The van der Waals surface area contributed by atoms with Crippen LogP contribution in [0, 0.1) is 0 Å². The van der Waals surface area contributed by atoms with E-state index in [0.717, 1.165) is 17.0 Å². The minimum Gasteiger partial charge on any atom is -0.508 e. The summed E-state index contributed by atoms with van der Waals surface area (Å²) in [6.07, 6.45) is 14.7. The van der Waals surface area contributed by atoms with Gasteiger partial charge in [0, 0.05) is 41.6 Å². The molecule has 2 heterocycles. The van der Waals surface area contributed by atoms with Crippen LogP contribution in [-0.4, -0.2) is 36.6 Å². The number of rotatable bonds is 5. The molecule has 0 aromatic heterocycles. The average molecular weight is 456 g/mol. The number of ether oxygens (including phenoxy) is 1. The lowest BCUT2D eigenvalue weighted by Gasteiger charge is -2.23. The molecule has 0 radical (unpaired) electrons. The van der Waals surface area contributed by atoms with Crippen LogP contribution in [0.4, 0.5) is 11.4 Å². The second-order valence-electron chi connectivity index (χ2n) is 10.0. The van der Waals surface area contributed by atoms with E-state index in [4.69, 9.17) is 4.74 Å². The van der Waals surface area contributed by atoms with E-state index in [0.29, 0.717) is 5.75 Å². The van der Waals surface area contributed by atoms with Gasteiger partial charge in [-0.2, -0.15) is 4.58 Å². The molecule has 34 heavy (non-hydrogen) atoms. The molecule has 0 fully saturated rings. The molecule has 0 saturated heterocycles. The molecule has 0 unspecified atom stereocenters. The van der Waals surface area contributed by atoms with Crippen LogP contribution in [0.25, 0.3) is 0 Å². The van der Waals surface area contributed by atoms with Gasteiger partial charge in [0.1, 0.15) is 18.5 Å². The third-order valence-electron chi connectivity index (χ3n) is 7.21. The monoisotopic (exact) mass is 455 g/mol. The number of anilines is 1. The molecule has 0 aliphatic carbocycles. The predicted molar refractivity (Wildman–Crippen MR) is 142 cm³/mol. The lowest BCUT2D eigenvalue weighted by atomic mass is 9.81. The molecular weight excluding hydrogens is 420 g/mol. The van der Waals surface area contributed by atoms with E-state index in [1.54, 1.807) is 13.2 Å². The van der Waals surface area contributed by atoms with Crippen LogP contribution >= 0.6 is 0 Å². The van der Waals surface area contributed by atoms with Crippen LogP contribution < -0.4 is 9.64 Å². The van der Waals surface area contributed by atoms with Crippen molar-refractivity contribution in [2.45, 2.75) is 38.5 Å². The maximum Gasteiger partial charge on any atom is 0.209 e. The molecule has 0 saturated carbocycles. The van der Waals surface area contributed by atoms with Gasteiger partial charge in [-0.25, -0.2) is 0 Å². The molecule has 176 valence electrons. The quantitative estimate of drug-likeness (QED) is 0.419. The Morgan fingerprint density at radius 3 is 2.32 bits per heavy atom. The van der Waals surface area contributed by atoms with Crippen molar-refractivity contribution in [2.75, 3.05) is 26.1 Å². The third kappa shape index (κ3) is 3.87. The number of nitrogens with zero attached hydrogens (tertiary/aromatic N) is 2. The Morgan fingerprint density at radius 1 is 0.882 bits per heavy atom. The largest absolute Gasteiger partial charge is 0.508 e. The summed E-state index contributed by atoms with van der Waals surface area (Å²) in [5, 5.41) is 9.92. The second-order valence-corrected chi connectivity index (χ2v) is 10.0. The van der Waals surface area contributed by atoms with E-state index in [2.05, 4.69) is 99.9 Å². The van der Waals surface area contributed by atoms with Gasteiger partial charge in [0.15, 0.2) is 5.71 Å². The summed E-state index contributed by atoms with van der Waals surface area (Å²) in [7, 11) is 5.91. The smallest absolute Gasteiger partial charge is 0.209 e. The zero-order valence-electron chi connectivity index (χ0n) is 21.3. The molecule has 4 rings (SSSR count). The van der Waals surface area contributed by atoms with Gasteiger partial charge in [0.05, 0.1) is 12.5 Å². The van der Waals surface area contributed by atoms with E-state index in [1.807, 2.05) is 24.3 Å². The summed E-state index contributed by atoms with van der Waals surface area (Å²) in [5.41, 5.74) is 6.98. The highest BCUT2D eigenvalue weighted by Gasteiger charge is 2.43. The molecule has 0 atom stereocenters. The zero-order valence-corrected chi connectivity index (χ0v) is 21.3. The van der Waals surface area contributed by atoms with Crippen LogP contribution in [0.5, 0.6) is 11.5 Å². The summed E-state index contributed by atoms with van der Waals surface area (Å²) in [6.45, 7) is 8.89. The van der Waals surface area contributed by atoms with Crippen LogP contribution in [0.1, 0.15) is 38.8 Å². The van der Waals surface area contributed by atoms with Crippen LogP contribution in [-0.2, 0) is 10.8 Å². The fourth-order valence-electron chi connectivity index (χ4n) is 5.25. The fourth-order valence-corrected chi connectivity index (χ4v) is 5.25. The number of allylic oxidation sites excluding steroid dienone is 8. The number of hydrogen-bond acceptors (Lipinski definition) is 3. The maximum atomic E-state index is 9.92. The standard InChI is InChI=1S/C30H34N2O2/c1-29(2)23-19-21(33)15-17-25(23)31(5)27(29)13-11-9-8-10-12-14-28-30(3,4)24-20-22(34-7)16-18-26(24)32(28)6/h8-20H,1-7H3/p+1. The first-order valence-corrected chi connectivity index (χ1v) is 11.7. The second kappa shape index (κ2) is 8.68. The number of fused-ring (bicyclic) bond motifs is 2. The highest BCUT2D eigenvalue weighted by molar-refractivity contribution is 6.03. The number of phenolic OH excluding ortho intramolecular Hbond substituents is 1. The Kier molecular flexibility index (Phi) is 6.03. The van der Waals surface area contributed by atoms with Crippen LogP contribution in [0.15, 0.2) is 84.6 Å². The van der Waals surface area contributed by atoms with Crippen molar-refractivity contribution >= 4 is 17.1 Å². The summed E-state index contributed by atoms with van der Waals surface area (Å²) in [5.74, 6) is 1.20. The van der Waals surface area contributed by atoms with E-state index in [1.165, 1.54) is 22.7 Å². The summed E-state index contributed by atoms with van der Waals surface area (Å²) < 4.78 is 7.69. The van der Waals surface area contributed by atoms with E-state index in [-0.39, 0.29) is 10.8 Å². The van der Waals surface area contributed by atoms with E-state index in [9.17, 15) is 5.11 Å². The number of hydrogen-bond donors (Lipinski definition) is 1. The van der Waals surface area contributed by atoms with Crippen LogP contribution in [0.3, 0.4) is 0 Å². The van der Waals surface area contributed by atoms with Gasteiger partial charge in [-0.15, -0.1) is 0 Å². The molecule has 4 heteroatoms. The van der Waals surface area contributed by atoms with Gasteiger partial charge >= 0.3 is 0 Å². The fraction of sp³-hybridized carbons (Fsp3) is 0.300. The third-order valence-corrected chi connectivity index (χ3v) is 7.21. The number of likely N-dealkylation sites (N-methyl/N-ethyl adjacent to an activating group) is 1. The van der Waals surface area contributed by atoms with Gasteiger partial charge < -0.3 is 14.7 Å². The van der Waals surface area contributed by atoms with Crippen molar-refractivity contribution in [3.8, 4) is 11.5 Å². The van der Waals surface area contributed by atoms with Crippen molar-refractivity contribution in [3.63, 3.8) is 0 Å². The first-order valence-electron chi connectivity index (χ1n) is 11.7. The van der Waals surface area contributed by atoms with Gasteiger partial charge in [0.2, 0.25) is 5.69 Å². The van der Waals surface area contributed by atoms with E-state index < -0.39 is 0 Å². The normalized spacial score (nSPS) is 19.7. The van der Waals surface area contributed by atoms with E-state index >= 15 is 0 Å². The molecule has 0 bridgehead atoms. The van der Waals surface area contributed by atoms with Crippen molar-refractivity contribution < 1.29 is 14.4 Å². The molecule has 2 aromatic carbocycles. The number of benzene rings is 2. The molecule has 1 N–H and O–H groups in total. The SMILES string of the molecule is COc1ccc2c(c1)C(C)(C)C(/C=C/C=C/C=C/C=C1/N(C)c3ccc(O)cc3C1(C)C)=[N+]2C. The molecule has 2 aliphatic rings. The molecular formula is C30H35N2O2+. The van der Waals surface area contributed by atoms with Gasteiger partial charge in [-0.1, -0.05) is 44.2 Å². The van der Waals surface area contributed by atoms with Gasteiger partial charge in [0.25, 0.3) is 0 Å². The van der Waals surface area contributed by atoms with Gasteiger partial charge in [-0.05, 0) is 55.8 Å². The lowest BCUT2D eigenvalue weighted by molar-refractivity contribution is -0.401. The van der Waals surface area contributed by atoms with Crippen molar-refractivity contribution in [1.82, 2.24) is 0 Å². The van der Waals surface area contributed by atoms with Crippen molar-refractivity contribution in [2.24, 2.45) is 0 Å². The molecule has 4 nitrogen and oxygen atoms in total. The summed E-state index contributed by atoms with van der Waals surface area (Å²) in [4.78, 5) is 2.20. The minimum atomic E-state index is -0.163. The summed E-state index contributed by atoms with van der Waals surface area (Å²) in [6, 6.07) is 11.9.